The Balaban J connectivity index is 1.30. The Morgan fingerprint density at radius 2 is 1.97 bits per heavy atom. The van der Waals surface area contributed by atoms with Gasteiger partial charge in [-0.1, -0.05) is 18.6 Å². The van der Waals surface area contributed by atoms with Crippen LogP contribution in [0, 0.1) is 5.41 Å². The van der Waals surface area contributed by atoms with Crippen LogP contribution < -0.4 is 10.6 Å². The van der Waals surface area contributed by atoms with Crippen molar-refractivity contribution in [2.75, 3.05) is 32.9 Å². The molecule has 0 spiro atoms. The van der Waals surface area contributed by atoms with E-state index in [2.05, 4.69) is 44.9 Å². The fourth-order valence-electron chi connectivity index (χ4n) is 6.17. The molecule has 0 bridgehead atoms. The second kappa shape index (κ2) is 9.96. The lowest BCUT2D eigenvalue weighted by molar-refractivity contribution is 0.0429. The number of amides is 1. The van der Waals surface area contributed by atoms with E-state index in [-0.39, 0.29) is 17.9 Å². The van der Waals surface area contributed by atoms with Gasteiger partial charge in [0.25, 0.3) is 5.91 Å². The third-order valence-electron chi connectivity index (χ3n) is 8.67. The van der Waals surface area contributed by atoms with Gasteiger partial charge < -0.3 is 25.5 Å². The molecule has 1 aliphatic carbocycles. The van der Waals surface area contributed by atoms with Crippen molar-refractivity contribution in [3.05, 3.63) is 53.3 Å². The molecule has 4 N–H and O–H groups in total. The predicted molar refractivity (Wildman–Crippen MR) is 140 cm³/mol. The third-order valence-corrected chi connectivity index (χ3v) is 8.67. The van der Waals surface area contributed by atoms with Crippen molar-refractivity contribution in [2.45, 2.75) is 56.9 Å². The molecule has 3 aromatic rings. The van der Waals surface area contributed by atoms with Crippen LogP contribution in [0.4, 0.5) is 0 Å². The fraction of sp³-hybridized carbons (Fsp3) is 0.517. The minimum absolute atomic E-state index is 0.120. The first-order chi connectivity index (χ1) is 17.7. The number of nitrogens with zero attached hydrogens (tertiary/aromatic N) is 1. The zero-order chi connectivity index (χ0) is 24.5. The lowest BCUT2D eigenvalue weighted by atomic mass is 9.69. The van der Waals surface area contributed by atoms with E-state index in [0.29, 0.717) is 29.7 Å². The minimum Gasteiger partial charge on any atom is -0.396 e. The van der Waals surface area contributed by atoms with Crippen LogP contribution >= 0.6 is 0 Å². The molecule has 3 fully saturated rings. The van der Waals surface area contributed by atoms with Crippen LogP contribution in [0.3, 0.4) is 0 Å². The van der Waals surface area contributed by atoms with E-state index in [0.717, 1.165) is 74.8 Å². The van der Waals surface area contributed by atoms with E-state index in [9.17, 15) is 9.90 Å². The van der Waals surface area contributed by atoms with Gasteiger partial charge in [0, 0.05) is 54.6 Å². The van der Waals surface area contributed by atoms with Crippen molar-refractivity contribution in [1.29, 1.82) is 0 Å². The lowest BCUT2D eigenvalue weighted by Crippen LogP contribution is -2.44. The first-order valence-electron chi connectivity index (χ1n) is 13.5. The molecule has 0 radical (unpaired) electrons. The van der Waals surface area contributed by atoms with E-state index in [4.69, 9.17) is 4.74 Å². The fourth-order valence-corrected chi connectivity index (χ4v) is 6.17. The molecule has 2 aromatic heterocycles. The summed E-state index contributed by atoms with van der Waals surface area (Å²) < 4.78 is 5.62. The number of aromatic amines is 1. The van der Waals surface area contributed by atoms with Gasteiger partial charge in [0.15, 0.2) is 0 Å². The molecule has 1 saturated carbocycles. The molecule has 36 heavy (non-hydrogen) atoms. The molecule has 2 saturated heterocycles. The predicted octanol–water partition coefficient (Wildman–Crippen LogP) is 4.44. The number of hydrogen-bond acceptors (Lipinski definition) is 5. The number of H-pyrrole nitrogens is 1. The molecule has 1 amide bonds. The number of rotatable bonds is 7. The maximum Gasteiger partial charge on any atom is 0.253 e. The number of carbonyl (C=O) groups excluding carboxylic acids is 1. The number of carbonyl (C=O) groups is 1. The van der Waals surface area contributed by atoms with Gasteiger partial charge in [-0.25, -0.2) is 4.98 Å². The van der Waals surface area contributed by atoms with Crippen molar-refractivity contribution in [1.82, 2.24) is 20.6 Å². The standard InChI is InChI=1S/C29H36N4O3/c34-18-29(8-2-9-29)17-33-28(35)25-16-32-27-24(25)14-21(15-31-27)20-4-5-22(19-6-11-36-12-7-19)23(13-20)26-3-1-10-30-26/h4-5,13-16,19,26,30,34H,1-3,6-12,17-18H2,(H,31,32)(H,33,35)/t26-/m1/s1. The second-order valence-electron chi connectivity index (χ2n) is 10.9. The minimum atomic E-state index is -0.151. The van der Waals surface area contributed by atoms with Crippen LogP contribution in [-0.4, -0.2) is 53.9 Å². The van der Waals surface area contributed by atoms with Crippen molar-refractivity contribution >= 4 is 16.9 Å². The number of hydrogen-bond donors (Lipinski definition) is 4. The van der Waals surface area contributed by atoms with Crippen LogP contribution in [-0.2, 0) is 4.74 Å². The Morgan fingerprint density at radius 1 is 1.11 bits per heavy atom. The summed E-state index contributed by atoms with van der Waals surface area (Å²) in [4.78, 5) is 20.9. The number of aromatic nitrogens is 2. The smallest absolute Gasteiger partial charge is 0.253 e. The lowest BCUT2D eigenvalue weighted by Gasteiger charge is -2.40. The molecule has 1 aromatic carbocycles. The summed E-state index contributed by atoms with van der Waals surface area (Å²) in [5.41, 5.74) is 6.15. The maximum atomic E-state index is 13.1. The Kier molecular flexibility index (Phi) is 6.54. The third kappa shape index (κ3) is 4.44. The highest BCUT2D eigenvalue weighted by molar-refractivity contribution is 6.06. The molecule has 4 heterocycles. The summed E-state index contributed by atoms with van der Waals surface area (Å²) in [5, 5.41) is 17.3. The molecule has 6 rings (SSSR count). The number of ether oxygens (including phenoxy) is 1. The molecule has 1 atom stereocenters. The monoisotopic (exact) mass is 488 g/mol. The maximum absolute atomic E-state index is 13.1. The van der Waals surface area contributed by atoms with E-state index >= 15 is 0 Å². The normalized spacial score (nSPS) is 22.0. The Hall–Kier alpha value is -2.74. The average Bonchev–Trinajstić information content (AvgIpc) is 3.58. The summed E-state index contributed by atoms with van der Waals surface area (Å²) >= 11 is 0. The van der Waals surface area contributed by atoms with E-state index in [1.54, 1.807) is 6.20 Å². The number of aliphatic hydroxyl groups excluding tert-OH is 1. The molecule has 2 aliphatic heterocycles. The van der Waals surface area contributed by atoms with Gasteiger partial charge in [-0.05, 0) is 79.8 Å². The van der Waals surface area contributed by atoms with Gasteiger partial charge in [-0.2, -0.15) is 0 Å². The summed E-state index contributed by atoms with van der Waals surface area (Å²) in [7, 11) is 0. The summed E-state index contributed by atoms with van der Waals surface area (Å²) in [6.45, 7) is 3.36. The number of fused-ring (bicyclic) bond motifs is 1. The molecular formula is C29H36N4O3. The van der Waals surface area contributed by atoms with Crippen LogP contribution in [0.25, 0.3) is 22.2 Å². The molecule has 7 nitrogen and oxygen atoms in total. The highest BCUT2D eigenvalue weighted by atomic mass is 16.5. The van der Waals surface area contributed by atoms with Gasteiger partial charge in [-0.15, -0.1) is 0 Å². The quantitative estimate of drug-likeness (QED) is 0.394. The SMILES string of the molecule is O=C(NCC1(CO)CCC1)c1c[nH]c2ncc(-c3ccc(C4CCOCC4)c([C@H]4CCCN4)c3)cc12. The summed E-state index contributed by atoms with van der Waals surface area (Å²) in [6.07, 6.45) is 11.2. The zero-order valence-electron chi connectivity index (χ0n) is 20.8. The second-order valence-corrected chi connectivity index (χ2v) is 10.9. The molecule has 190 valence electrons. The molecule has 3 aliphatic rings. The van der Waals surface area contributed by atoms with E-state index in [1.807, 2.05) is 6.20 Å². The van der Waals surface area contributed by atoms with Gasteiger partial charge in [0.2, 0.25) is 0 Å². The highest BCUT2D eigenvalue weighted by Gasteiger charge is 2.36. The van der Waals surface area contributed by atoms with Crippen LogP contribution in [0.5, 0.6) is 0 Å². The zero-order valence-corrected chi connectivity index (χ0v) is 20.8. The Labute approximate surface area is 212 Å². The average molecular weight is 489 g/mol. The highest BCUT2D eigenvalue weighted by Crippen LogP contribution is 2.40. The molecule has 0 unspecified atom stereocenters. The summed E-state index contributed by atoms with van der Waals surface area (Å²) in [5.74, 6) is 0.425. The number of nitrogens with one attached hydrogen (secondary N) is 3. The first-order valence-corrected chi connectivity index (χ1v) is 13.5. The molecule has 7 heteroatoms. The van der Waals surface area contributed by atoms with Crippen molar-refractivity contribution in [2.24, 2.45) is 5.41 Å². The Bertz CT molecular complexity index is 1230. The van der Waals surface area contributed by atoms with Gasteiger partial charge >= 0.3 is 0 Å². The topological polar surface area (TPSA) is 99.3 Å². The van der Waals surface area contributed by atoms with E-state index in [1.165, 1.54) is 17.5 Å². The van der Waals surface area contributed by atoms with E-state index < -0.39 is 0 Å². The van der Waals surface area contributed by atoms with Gasteiger partial charge in [0.05, 0.1) is 12.2 Å². The van der Waals surface area contributed by atoms with Crippen molar-refractivity contribution in [3.8, 4) is 11.1 Å². The van der Waals surface area contributed by atoms with Crippen LogP contribution in [0.1, 0.15) is 78.4 Å². The first kappa shape index (κ1) is 23.6. The molecular weight excluding hydrogens is 452 g/mol. The van der Waals surface area contributed by atoms with Gasteiger partial charge in [0.1, 0.15) is 5.65 Å². The van der Waals surface area contributed by atoms with Gasteiger partial charge in [-0.3, -0.25) is 4.79 Å². The summed E-state index contributed by atoms with van der Waals surface area (Å²) in [6, 6.07) is 9.32. The number of pyridine rings is 1. The van der Waals surface area contributed by atoms with Crippen LogP contribution in [0.15, 0.2) is 36.7 Å². The number of benzene rings is 1. The van der Waals surface area contributed by atoms with Crippen molar-refractivity contribution in [3.63, 3.8) is 0 Å². The largest absolute Gasteiger partial charge is 0.396 e. The number of aliphatic hydroxyl groups is 1. The Morgan fingerprint density at radius 3 is 2.69 bits per heavy atom. The van der Waals surface area contributed by atoms with Crippen molar-refractivity contribution < 1.29 is 14.6 Å². The van der Waals surface area contributed by atoms with Crippen LogP contribution in [0.2, 0.25) is 0 Å².